The van der Waals surface area contributed by atoms with Crippen LogP contribution in [0.15, 0.2) is 23.1 Å². The van der Waals surface area contributed by atoms with Crippen molar-refractivity contribution in [1.29, 1.82) is 0 Å². The van der Waals surface area contributed by atoms with Gasteiger partial charge in [-0.15, -0.1) is 0 Å². The van der Waals surface area contributed by atoms with Crippen molar-refractivity contribution in [1.82, 2.24) is 5.32 Å². The van der Waals surface area contributed by atoms with Crippen molar-refractivity contribution in [3.63, 3.8) is 0 Å². The van der Waals surface area contributed by atoms with Crippen LogP contribution in [0.25, 0.3) is 0 Å². The Bertz CT molecular complexity index is 583. The van der Waals surface area contributed by atoms with Gasteiger partial charge in [0.15, 0.2) is 9.84 Å². The lowest BCUT2D eigenvalue weighted by molar-refractivity contribution is 0.0867. The Morgan fingerprint density at radius 2 is 2.05 bits per heavy atom. The van der Waals surface area contributed by atoms with E-state index in [0.29, 0.717) is 25.1 Å². The minimum atomic E-state index is -3.33. The summed E-state index contributed by atoms with van der Waals surface area (Å²) in [5.74, 6) is -0.305. The first-order valence-corrected chi connectivity index (χ1v) is 8.53. The van der Waals surface area contributed by atoms with E-state index in [2.05, 4.69) is 5.32 Å². The molecule has 0 heterocycles. The summed E-state index contributed by atoms with van der Waals surface area (Å²) in [6.07, 6.45) is 1.73. The lowest BCUT2D eigenvalue weighted by Crippen LogP contribution is -2.26. The van der Waals surface area contributed by atoms with Gasteiger partial charge in [0.25, 0.3) is 5.91 Å². The largest absolute Gasteiger partial charge is 0.394 e. The van der Waals surface area contributed by atoms with Gasteiger partial charge in [-0.2, -0.15) is 0 Å². The Kier molecular flexibility index (Phi) is 6.80. The minimum absolute atomic E-state index is 0.0240. The molecular weight excluding hydrogens is 294 g/mol. The summed E-state index contributed by atoms with van der Waals surface area (Å²) in [5, 5.41) is 11.3. The molecule has 0 saturated heterocycles. The third kappa shape index (κ3) is 5.82. The number of aryl methyl sites for hydroxylation is 1. The van der Waals surface area contributed by atoms with Crippen molar-refractivity contribution >= 4 is 15.7 Å². The molecule has 0 radical (unpaired) electrons. The zero-order valence-corrected chi connectivity index (χ0v) is 13.1. The summed E-state index contributed by atoms with van der Waals surface area (Å²) in [4.78, 5) is 12.2. The van der Waals surface area contributed by atoms with Crippen LogP contribution in [-0.2, 0) is 14.6 Å². The highest BCUT2D eigenvalue weighted by Crippen LogP contribution is 2.15. The monoisotopic (exact) mass is 315 g/mol. The third-order valence-corrected chi connectivity index (χ3v) is 3.98. The summed E-state index contributed by atoms with van der Waals surface area (Å²) >= 11 is 0. The molecule has 118 valence electrons. The lowest BCUT2D eigenvalue weighted by Gasteiger charge is -2.09. The predicted molar refractivity (Wildman–Crippen MR) is 79.1 cm³/mol. The van der Waals surface area contributed by atoms with Crippen molar-refractivity contribution in [3.8, 4) is 0 Å². The number of hydrogen-bond acceptors (Lipinski definition) is 5. The second-order valence-electron chi connectivity index (χ2n) is 4.69. The molecule has 0 unspecified atom stereocenters. The third-order valence-electron chi connectivity index (χ3n) is 2.87. The molecule has 7 heteroatoms. The van der Waals surface area contributed by atoms with E-state index >= 15 is 0 Å². The number of ether oxygens (including phenoxy) is 1. The molecule has 1 aromatic carbocycles. The van der Waals surface area contributed by atoms with E-state index in [4.69, 9.17) is 9.84 Å². The average Bonchev–Trinajstić information content (AvgIpc) is 2.41. The average molecular weight is 315 g/mol. The number of carbonyl (C=O) groups is 1. The summed E-state index contributed by atoms with van der Waals surface area (Å²) in [6, 6.07) is 4.50. The standard InChI is InChI=1S/C14H21NO5S/c1-11-4-5-12(21(2,18)19)10-13(11)14(17)15-6-3-8-20-9-7-16/h4-5,10,16H,3,6-9H2,1-2H3,(H,15,17). The van der Waals surface area contributed by atoms with Crippen LogP contribution in [0, 0.1) is 6.92 Å². The van der Waals surface area contributed by atoms with E-state index in [1.807, 2.05) is 0 Å². The molecule has 1 rings (SSSR count). The maximum absolute atomic E-state index is 12.0. The molecule has 1 aromatic rings. The van der Waals surface area contributed by atoms with E-state index in [9.17, 15) is 13.2 Å². The topological polar surface area (TPSA) is 92.7 Å². The highest BCUT2D eigenvalue weighted by Gasteiger charge is 2.13. The molecule has 0 spiro atoms. The molecule has 0 saturated carbocycles. The van der Waals surface area contributed by atoms with Crippen molar-refractivity contribution in [2.24, 2.45) is 0 Å². The molecule has 0 aliphatic carbocycles. The van der Waals surface area contributed by atoms with Crippen molar-refractivity contribution in [2.45, 2.75) is 18.2 Å². The van der Waals surface area contributed by atoms with Crippen LogP contribution < -0.4 is 5.32 Å². The summed E-state index contributed by atoms with van der Waals surface area (Å²) < 4.78 is 28.1. The van der Waals surface area contributed by atoms with Gasteiger partial charge < -0.3 is 15.2 Å². The maximum Gasteiger partial charge on any atom is 0.251 e. The number of benzene rings is 1. The Morgan fingerprint density at radius 3 is 2.67 bits per heavy atom. The molecule has 21 heavy (non-hydrogen) atoms. The van der Waals surface area contributed by atoms with E-state index in [1.54, 1.807) is 13.0 Å². The molecule has 6 nitrogen and oxygen atoms in total. The fourth-order valence-electron chi connectivity index (χ4n) is 1.71. The van der Waals surface area contributed by atoms with Crippen molar-refractivity contribution < 1.29 is 23.1 Å². The van der Waals surface area contributed by atoms with Crippen LogP contribution >= 0.6 is 0 Å². The maximum atomic E-state index is 12.0. The van der Waals surface area contributed by atoms with Gasteiger partial charge in [-0.3, -0.25) is 4.79 Å². The van der Waals surface area contributed by atoms with Crippen LogP contribution in [0.2, 0.25) is 0 Å². The lowest BCUT2D eigenvalue weighted by atomic mass is 10.1. The molecule has 0 atom stereocenters. The molecule has 1 amide bonds. The number of aliphatic hydroxyl groups is 1. The van der Waals surface area contributed by atoms with Gasteiger partial charge in [-0.05, 0) is 31.0 Å². The molecular formula is C14H21NO5S. The first kappa shape index (κ1) is 17.6. The molecule has 0 aliphatic rings. The fourth-order valence-corrected chi connectivity index (χ4v) is 2.36. The second-order valence-corrected chi connectivity index (χ2v) is 6.71. The SMILES string of the molecule is Cc1ccc(S(C)(=O)=O)cc1C(=O)NCCCOCCO. The van der Waals surface area contributed by atoms with E-state index in [0.717, 1.165) is 11.8 Å². The van der Waals surface area contributed by atoms with Crippen LogP contribution in [0.1, 0.15) is 22.3 Å². The normalized spacial score (nSPS) is 11.4. The Balaban J connectivity index is 2.62. The number of hydrogen-bond donors (Lipinski definition) is 2. The van der Waals surface area contributed by atoms with Gasteiger partial charge in [-0.25, -0.2) is 8.42 Å². The fraction of sp³-hybridized carbons (Fsp3) is 0.500. The number of carbonyl (C=O) groups excluding carboxylic acids is 1. The molecule has 0 aromatic heterocycles. The quantitative estimate of drug-likeness (QED) is 0.683. The number of rotatable bonds is 8. The Hall–Kier alpha value is -1.44. The Labute approximate surface area is 125 Å². The van der Waals surface area contributed by atoms with Crippen LogP contribution in [0.4, 0.5) is 0 Å². The van der Waals surface area contributed by atoms with Crippen molar-refractivity contribution in [3.05, 3.63) is 29.3 Å². The zero-order chi connectivity index (χ0) is 15.9. The highest BCUT2D eigenvalue weighted by molar-refractivity contribution is 7.90. The highest BCUT2D eigenvalue weighted by atomic mass is 32.2. The first-order valence-electron chi connectivity index (χ1n) is 6.63. The molecule has 2 N–H and O–H groups in total. The van der Waals surface area contributed by atoms with Crippen molar-refractivity contribution in [2.75, 3.05) is 32.6 Å². The van der Waals surface area contributed by atoms with Crippen LogP contribution in [0.3, 0.4) is 0 Å². The minimum Gasteiger partial charge on any atom is -0.394 e. The van der Waals surface area contributed by atoms with Crippen LogP contribution in [-0.4, -0.2) is 52.1 Å². The smallest absolute Gasteiger partial charge is 0.251 e. The summed E-state index contributed by atoms with van der Waals surface area (Å²) in [5.41, 5.74) is 1.07. The van der Waals surface area contributed by atoms with Gasteiger partial charge in [0.2, 0.25) is 0 Å². The van der Waals surface area contributed by atoms with E-state index < -0.39 is 9.84 Å². The summed E-state index contributed by atoms with van der Waals surface area (Å²) in [7, 11) is -3.33. The van der Waals surface area contributed by atoms with E-state index in [1.165, 1.54) is 12.1 Å². The zero-order valence-electron chi connectivity index (χ0n) is 12.3. The molecule has 0 aliphatic heterocycles. The first-order chi connectivity index (χ1) is 9.86. The van der Waals surface area contributed by atoms with Gasteiger partial charge in [-0.1, -0.05) is 6.07 Å². The number of amides is 1. The molecule has 0 fully saturated rings. The molecule has 0 bridgehead atoms. The second kappa shape index (κ2) is 8.11. The van der Waals surface area contributed by atoms with E-state index in [-0.39, 0.29) is 24.0 Å². The summed E-state index contributed by atoms with van der Waals surface area (Å²) in [6.45, 7) is 2.88. The van der Waals surface area contributed by atoms with Gasteiger partial charge in [0.05, 0.1) is 18.1 Å². The Morgan fingerprint density at radius 1 is 1.33 bits per heavy atom. The van der Waals surface area contributed by atoms with Gasteiger partial charge >= 0.3 is 0 Å². The number of sulfone groups is 1. The predicted octanol–water partition coefficient (Wildman–Crippen LogP) is 0.527. The number of nitrogens with one attached hydrogen (secondary N) is 1. The van der Waals surface area contributed by atoms with Gasteiger partial charge in [0, 0.05) is 25.0 Å². The van der Waals surface area contributed by atoms with Gasteiger partial charge in [0.1, 0.15) is 0 Å². The number of aliphatic hydroxyl groups excluding tert-OH is 1. The van der Waals surface area contributed by atoms with Crippen LogP contribution in [0.5, 0.6) is 0 Å².